The SMILES string of the molecule is CCc1cccc(NC(N)=NCC2(c3ccccc3)CC2)c1.I. The maximum absolute atomic E-state index is 6.05. The summed E-state index contributed by atoms with van der Waals surface area (Å²) in [7, 11) is 0. The van der Waals surface area contributed by atoms with Gasteiger partial charge in [0.15, 0.2) is 5.96 Å². The number of nitrogens with two attached hydrogens (primary N) is 1. The summed E-state index contributed by atoms with van der Waals surface area (Å²) in [4.78, 5) is 4.57. The second kappa shape index (κ2) is 7.81. The number of hydrogen-bond acceptors (Lipinski definition) is 1. The van der Waals surface area contributed by atoms with Crippen LogP contribution in [0.3, 0.4) is 0 Å². The topological polar surface area (TPSA) is 50.4 Å². The highest BCUT2D eigenvalue weighted by molar-refractivity contribution is 14.0. The van der Waals surface area contributed by atoms with Crippen molar-refractivity contribution in [1.29, 1.82) is 0 Å². The van der Waals surface area contributed by atoms with E-state index < -0.39 is 0 Å². The Morgan fingerprint density at radius 1 is 1.13 bits per heavy atom. The van der Waals surface area contributed by atoms with Gasteiger partial charge in [0.05, 0.1) is 6.54 Å². The van der Waals surface area contributed by atoms with Crippen LogP contribution in [0.15, 0.2) is 59.6 Å². The van der Waals surface area contributed by atoms with Gasteiger partial charge in [-0.05, 0) is 42.5 Å². The molecule has 0 bridgehead atoms. The number of nitrogens with zero attached hydrogens (tertiary/aromatic N) is 1. The van der Waals surface area contributed by atoms with Crippen molar-refractivity contribution in [3.05, 3.63) is 65.7 Å². The third-order valence-electron chi connectivity index (χ3n) is 4.40. The summed E-state index contributed by atoms with van der Waals surface area (Å²) < 4.78 is 0. The standard InChI is InChI=1S/C19H23N3.HI/c1-2-15-7-6-10-17(13-15)22-18(20)21-14-19(11-12-19)16-8-4-3-5-9-16;/h3-10,13H,2,11-12,14H2,1H3,(H3,20,21,22);1H. The highest BCUT2D eigenvalue weighted by Gasteiger charge is 2.43. The molecule has 3 rings (SSSR count). The molecule has 0 amide bonds. The molecule has 0 atom stereocenters. The van der Waals surface area contributed by atoms with Crippen molar-refractivity contribution in [2.24, 2.45) is 10.7 Å². The maximum atomic E-state index is 6.05. The molecule has 0 unspecified atom stereocenters. The minimum atomic E-state index is 0. The highest BCUT2D eigenvalue weighted by atomic mass is 127. The lowest BCUT2D eigenvalue weighted by Crippen LogP contribution is -2.25. The van der Waals surface area contributed by atoms with Crippen molar-refractivity contribution < 1.29 is 0 Å². The predicted molar refractivity (Wildman–Crippen MR) is 109 cm³/mol. The van der Waals surface area contributed by atoms with E-state index in [4.69, 9.17) is 5.73 Å². The summed E-state index contributed by atoms with van der Waals surface area (Å²) in [5.41, 5.74) is 9.93. The fourth-order valence-corrected chi connectivity index (χ4v) is 2.77. The van der Waals surface area contributed by atoms with Gasteiger partial charge in [-0.25, -0.2) is 0 Å². The van der Waals surface area contributed by atoms with E-state index in [1.54, 1.807) is 0 Å². The van der Waals surface area contributed by atoms with E-state index in [0.29, 0.717) is 5.96 Å². The number of halogens is 1. The van der Waals surface area contributed by atoms with E-state index in [9.17, 15) is 0 Å². The minimum Gasteiger partial charge on any atom is -0.370 e. The van der Waals surface area contributed by atoms with Crippen LogP contribution in [0.25, 0.3) is 0 Å². The lowest BCUT2D eigenvalue weighted by Gasteiger charge is -2.14. The third-order valence-corrected chi connectivity index (χ3v) is 4.40. The molecule has 0 heterocycles. The molecule has 1 fully saturated rings. The summed E-state index contributed by atoms with van der Waals surface area (Å²) in [6.45, 7) is 2.90. The molecule has 4 heteroatoms. The average molecular weight is 421 g/mol. The lowest BCUT2D eigenvalue weighted by atomic mass is 9.96. The van der Waals surface area contributed by atoms with Crippen LogP contribution in [0.1, 0.15) is 30.9 Å². The predicted octanol–water partition coefficient (Wildman–Crippen LogP) is 4.33. The highest BCUT2D eigenvalue weighted by Crippen LogP contribution is 2.48. The molecule has 3 N–H and O–H groups in total. The molecule has 2 aromatic rings. The summed E-state index contributed by atoms with van der Waals surface area (Å²) in [6.07, 6.45) is 3.40. The molecular weight excluding hydrogens is 397 g/mol. The zero-order valence-corrected chi connectivity index (χ0v) is 15.8. The van der Waals surface area contributed by atoms with E-state index >= 15 is 0 Å². The molecule has 2 aromatic carbocycles. The van der Waals surface area contributed by atoms with E-state index in [2.05, 4.69) is 59.7 Å². The van der Waals surface area contributed by atoms with Crippen LogP contribution in [0.4, 0.5) is 5.69 Å². The second-order valence-corrected chi connectivity index (χ2v) is 6.03. The first-order chi connectivity index (χ1) is 10.7. The van der Waals surface area contributed by atoms with E-state index in [1.165, 1.54) is 24.0 Å². The van der Waals surface area contributed by atoms with Gasteiger partial charge in [-0.1, -0.05) is 49.4 Å². The minimum absolute atomic E-state index is 0. The third kappa shape index (κ3) is 4.47. The number of benzene rings is 2. The zero-order chi connectivity index (χ0) is 15.4. The van der Waals surface area contributed by atoms with Crippen LogP contribution in [0.5, 0.6) is 0 Å². The first-order valence-corrected chi connectivity index (χ1v) is 7.93. The van der Waals surface area contributed by atoms with Gasteiger partial charge in [-0.2, -0.15) is 0 Å². The van der Waals surface area contributed by atoms with Crippen molar-refractivity contribution in [2.45, 2.75) is 31.6 Å². The Hall–Kier alpha value is -1.56. The van der Waals surface area contributed by atoms with Crippen molar-refractivity contribution >= 4 is 35.6 Å². The smallest absolute Gasteiger partial charge is 0.193 e. The number of guanidine groups is 1. The first kappa shape index (κ1) is 17.8. The maximum Gasteiger partial charge on any atom is 0.193 e. The Labute approximate surface area is 155 Å². The fourth-order valence-electron chi connectivity index (χ4n) is 2.77. The molecule has 1 saturated carbocycles. The molecule has 1 aliphatic rings. The van der Waals surface area contributed by atoms with E-state index in [0.717, 1.165) is 18.7 Å². The van der Waals surface area contributed by atoms with Crippen LogP contribution < -0.4 is 11.1 Å². The Balaban J connectivity index is 0.00000192. The fraction of sp³-hybridized carbons (Fsp3) is 0.316. The largest absolute Gasteiger partial charge is 0.370 e. The van der Waals surface area contributed by atoms with Gasteiger partial charge in [0.1, 0.15) is 0 Å². The quantitative estimate of drug-likeness (QED) is 0.429. The number of aryl methyl sites for hydroxylation is 1. The molecule has 0 aliphatic heterocycles. The number of aliphatic imine (C=N–C) groups is 1. The van der Waals surface area contributed by atoms with Gasteiger partial charge in [0, 0.05) is 11.1 Å². The number of nitrogens with one attached hydrogen (secondary N) is 1. The van der Waals surface area contributed by atoms with Crippen molar-refractivity contribution in [3.63, 3.8) is 0 Å². The van der Waals surface area contributed by atoms with Crippen LogP contribution in [-0.4, -0.2) is 12.5 Å². The molecule has 0 spiro atoms. The molecule has 0 saturated heterocycles. The van der Waals surface area contributed by atoms with Crippen molar-refractivity contribution in [3.8, 4) is 0 Å². The van der Waals surface area contributed by atoms with Gasteiger partial charge in [0.2, 0.25) is 0 Å². The first-order valence-electron chi connectivity index (χ1n) is 7.93. The molecule has 1 aliphatic carbocycles. The van der Waals surface area contributed by atoms with Gasteiger partial charge < -0.3 is 11.1 Å². The van der Waals surface area contributed by atoms with E-state index in [1.807, 2.05) is 12.1 Å². The summed E-state index contributed by atoms with van der Waals surface area (Å²) in [5, 5.41) is 3.20. The van der Waals surface area contributed by atoms with Gasteiger partial charge in [0.25, 0.3) is 0 Å². The van der Waals surface area contributed by atoms with Crippen molar-refractivity contribution in [1.82, 2.24) is 0 Å². The Morgan fingerprint density at radius 3 is 2.52 bits per heavy atom. The Kier molecular flexibility index (Phi) is 6.04. The molecule has 3 nitrogen and oxygen atoms in total. The number of hydrogen-bond donors (Lipinski definition) is 2. The molecule has 0 aromatic heterocycles. The van der Waals surface area contributed by atoms with Gasteiger partial charge in [-0.3, -0.25) is 4.99 Å². The van der Waals surface area contributed by atoms with Gasteiger partial charge in [-0.15, -0.1) is 24.0 Å². The van der Waals surface area contributed by atoms with Crippen molar-refractivity contribution in [2.75, 3.05) is 11.9 Å². The Morgan fingerprint density at radius 2 is 1.87 bits per heavy atom. The molecule has 122 valence electrons. The number of anilines is 1. The van der Waals surface area contributed by atoms with Crippen LogP contribution in [-0.2, 0) is 11.8 Å². The van der Waals surface area contributed by atoms with Crippen LogP contribution in [0.2, 0.25) is 0 Å². The molecular formula is C19H24IN3. The van der Waals surface area contributed by atoms with Crippen LogP contribution in [0, 0.1) is 0 Å². The van der Waals surface area contributed by atoms with E-state index in [-0.39, 0.29) is 29.4 Å². The zero-order valence-electron chi connectivity index (χ0n) is 13.5. The number of rotatable bonds is 5. The lowest BCUT2D eigenvalue weighted by molar-refractivity contribution is 0.705. The van der Waals surface area contributed by atoms with Crippen LogP contribution >= 0.6 is 24.0 Å². The van der Waals surface area contributed by atoms with Gasteiger partial charge >= 0.3 is 0 Å². The average Bonchev–Trinajstić information content (AvgIpc) is 3.35. The summed E-state index contributed by atoms with van der Waals surface area (Å²) in [5.74, 6) is 0.496. The second-order valence-electron chi connectivity index (χ2n) is 6.03. The monoisotopic (exact) mass is 421 g/mol. The summed E-state index contributed by atoms with van der Waals surface area (Å²) >= 11 is 0. The molecule has 23 heavy (non-hydrogen) atoms. The Bertz CT molecular complexity index is 663. The normalized spacial score (nSPS) is 15.6. The molecule has 0 radical (unpaired) electrons. The summed E-state index contributed by atoms with van der Waals surface area (Å²) in [6, 6.07) is 18.9.